The molecule has 1 aromatic carbocycles. The highest BCUT2D eigenvalue weighted by molar-refractivity contribution is 7.91. The van der Waals surface area contributed by atoms with E-state index in [2.05, 4.69) is 0 Å². The molecule has 1 saturated heterocycles. The summed E-state index contributed by atoms with van der Waals surface area (Å²) in [6.45, 7) is 2.69. The number of hydrogen-bond donors (Lipinski definition) is 0. The van der Waals surface area contributed by atoms with E-state index in [-0.39, 0.29) is 17.5 Å². The second kappa shape index (κ2) is 8.64. The fraction of sp³-hybridized carbons (Fsp3) is 0.474. The van der Waals surface area contributed by atoms with Gasteiger partial charge in [-0.05, 0) is 37.1 Å². The van der Waals surface area contributed by atoms with Gasteiger partial charge in [-0.15, -0.1) is 0 Å². The van der Waals surface area contributed by atoms with Gasteiger partial charge in [-0.1, -0.05) is 6.07 Å². The molecule has 1 amide bonds. The van der Waals surface area contributed by atoms with Gasteiger partial charge in [0.1, 0.15) is 13.2 Å². The predicted molar refractivity (Wildman–Crippen MR) is 102 cm³/mol. The van der Waals surface area contributed by atoms with Crippen LogP contribution in [0.15, 0.2) is 24.3 Å². The van der Waals surface area contributed by atoms with Crippen LogP contribution in [0.3, 0.4) is 0 Å². The van der Waals surface area contributed by atoms with E-state index in [0.717, 1.165) is 5.56 Å². The predicted octanol–water partition coefficient (Wildman–Crippen LogP) is 1.05. The highest BCUT2D eigenvalue weighted by Crippen LogP contribution is 2.31. The fourth-order valence-electron chi connectivity index (χ4n) is 3.25. The highest BCUT2D eigenvalue weighted by Gasteiger charge is 2.34. The molecule has 0 saturated carbocycles. The van der Waals surface area contributed by atoms with Gasteiger partial charge in [0.25, 0.3) is 5.91 Å². The minimum atomic E-state index is -3.09. The molecule has 0 aliphatic carbocycles. The third-order valence-electron chi connectivity index (χ3n) is 4.63. The second-order valence-corrected chi connectivity index (χ2v) is 8.81. The zero-order valence-electron chi connectivity index (χ0n) is 15.6. The Hall–Kier alpha value is -2.55. The number of likely N-dealkylation sites (N-methyl/N-ethyl adjacent to an activating group) is 1. The number of carbonyl (C=O) groups is 2. The van der Waals surface area contributed by atoms with Crippen LogP contribution < -0.4 is 9.47 Å². The van der Waals surface area contributed by atoms with E-state index < -0.39 is 28.3 Å². The molecule has 0 bridgehead atoms. The summed E-state index contributed by atoms with van der Waals surface area (Å²) in [5.74, 6) is 0.264. The molecule has 9 heteroatoms. The van der Waals surface area contributed by atoms with Gasteiger partial charge in [-0.2, -0.15) is 0 Å². The third kappa shape index (κ3) is 5.03. The smallest absolute Gasteiger partial charge is 0.331 e. The van der Waals surface area contributed by atoms with Crippen molar-refractivity contribution >= 4 is 27.8 Å². The molecule has 28 heavy (non-hydrogen) atoms. The van der Waals surface area contributed by atoms with E-state index in [4.69, 9.17) is 14.2 Å². The summed E-state index contributed by atoms with van der Waals surface area (Å²) in [5.41, 5.74) is 0.735. The number of ether oxygens (including phenoxy) is 3. The molecule has 0 aromatic heterocycles. The van der Waals surface area contributed by atoms with E-state index >= 15 is 0 Å². The summed E-state index contributed by atoms with van der Waals surface area (Å²) in [6, 6.07) is 4.94. The number of carbonyl (C=O) groups excluding carboxylic acids is 2. The maximum atomic E-state index is 12.3. The summed E-state index contributed by atoms with van der Waals surface area (Å²) in [6.07, 6.45) is 3.21. The summed E-state index contributed by atoms with van der Waals surface area (Å²) in [7, 11) is -3.09. The zero-order chi connectivity index (χ0) is 20.1. The lowest BCUT2D eigenvalue weighted by atomic mass is 10.2. The Morgan fingerprint density at radius 3 is 2.68 bits per heavy atom. The van der Waals surface area contributed by atoms with Gasteiger partial charge >= 0.3 is 5.97 Å². The number of benzene rings is 1. The SMILES string of the molecule is CCN(C(=O)COC(=O)/C=C/c1ccc2c(c1)OCCO2)[C@H]1CCS(=O)(=O)C1. The molecule has 152 valence electrons. The van der Waals surface area contributed by atoms with Gasteiger partial charge in [0.2, 0.25) is 0 Å². The molecule has 0 spiro atoms. The van der Waals surface area contributed by atoms with Gasteiger partial charge < -0.3 is 19.1 Å². The lowest BCUT2D eigenvalue weighted by Crippen LogP contribution is -2.43. The lowest BCUT2D eigenvalue weighted by Gasteiger charge is -2.26. The number of esters is 1. The van der Waals surface area contributed by atoms with Crippen molar-refractivity contribution in [2.75, 3.05) is 37.9 Å². The molecule has 2 aliphatic heterocycles. The van der Waals surface area contributed by atoms with Gasteiger partial charge in [0, 0.05) is 18.7 Å². The van der Waals surface area contributed by atoms with E-state index in [0.29, 0.717) is 37.7 Å². The Morgan fingerprint density at radius 2 is 2.00 bits per heavy atom. The van der Waals surface area contributed by atoms with Gasteiger partial charge in [-0.3, -0.25) is 4.79 Å². The molecule has 8 nitrogen and oxygen atoms in total. The molecule has 1 fully saturated rings. The van der Waals surface area contributed by atoms with E-state index in [1.54, 1.807) is 31.2 Å². The summed E-state index contributed by atoms with van der Waals surface area (Å²) in [4.78, 5) is 25.7. The van der Waals surface area contributed by atoms with Crippen molar-refractivity contribution in [1.82, 2.24) is 4.90 Å². The molecule has 3 rings (SSSR count). The lowest BCUT2D eigenvalue weighted by molar-refractivity contribution is -0.149. The van der Waals surface area contributed by atoms with Crippen molar-refractivity contribution in [2.24, 2.45) is 0 Å². The number of nitrogens with zero attached hydrogens (tertiary/aromatic N) is 1. The van der Waals surface area contributed by atoms with Crippen LogP contribution in [0.2, 0.25) is 0 Å². The van der Waals surface area contributed by atoms with Crippen molar-refractivity contribution in [3.05, 3.63) is 29.8 Å². The molecule has 2 aliphatic rings. The normalized spacial score (nSPS) is 20.1. The van der Waals surface area contributed by atoms with Gasteiger partial charge in [0.05, 0.1) is 11.5 Å². The molecule has 0 N–H and O–H groups in total. The van der Waals surface area contributed by atoms with Crippen molar-refractivity contribution in [3.8, 4) is 11.5 Å². The summed E-state index contributed by atoms with van der Waals surface area (Å²) < 4.78 is 39.2. The minimum absolute atomic E-state index is 0.0372. The number of amides is 1. The number of hydrogen-bond acceptors (Lipinski definition) is 7. The van der Waals surface area contributed by atoms with Crippen LogP contribution in [0.1, 0.15) is 18.9 Å². The number of fused-ring (bicyclic) bond motifs is 1. The van der Waals surface area contributed by atoms with Crippen LogP contribution in [0, 0.1) is 0 Å². The first-order valence-electron chi connectivity index (χ1n) is 9.12. The van der Waals surface area contributed by atoms with Crippen LogP contribution in [-0.4, -0.2) is 69.1 Å². The molecule has 2 heterocycles. The van der Waals surface area contributed by atoms with Crippen LogP contribution >= 0.6 is 0 Å². The van der Waals surface area contributed by atoms with Gasteiger partial charge in [-0.25, -0.2) is 13.2 Å². The Morgan fingerprint density at radius 1 is 1.25 bits per heavy atom. The molecular formula is C19H23NO7S. The average Bonchev–Trinajstić information content (AvgIpc) is 3.04. The maximum Gasteiger partial charge on any atom is 0.331 e. The first kappa shape index (κ1) is 20.2. The highest BCUT2D eigenvalue weighted by atomic mass is 32.2. The van der Waals surface area contributed by atoms with Crippen LogP contribution in [-0.2, 0) is 24.2 Å². The Kier molecular flexibility index (Phi) is 6.23. The third-order valence-corrected chi connectivity index (χ3v) is 6.38. The first-order chi connectivity index (χ1) is 13.4. The van der Waals surface area contributed by atoms with E-state index in [9.17, 15) is 18.0 Å². The van der Waals surface area contributed by atoms with Crippen molar-refractivity contribution < 1.29 is 32.2 Å². The quantitative estimate of drug-likeness (QED) is 0.511. The summed E-state index contributed by atoms with van der Waals surface area (Å²) >= 11 is 0. The number of sulfone groups is 1. The Balaban J connectivity index is 1.52. The molecule has 1 atom stereocenters. The van der Waals surface area contributed by atoms with Crippen molar-refractivity contribution in [3.63, 3.8) is 0 Å². The Labute approximate surface area is 164 Å². The second-order valence-electron chi connectivity index (χ2n) is 6.58. The number of rotatable bonds is 6. The largest absolute Gasteiger partial charge is 0.486 e. The first-order valence-corrected chi connectivity index (χ1v) is 10.9. The maximum absolute atomic E-state index is 12.3. The Bertz CT molecular complexity index is 878. The standard InChI is InChI=1S/C19H23NO7S/c1-2-20(15-7-10-28(23,24)13-15)18(21)12-27-19(22)6-4-14-3-5-16-17(11-14)26-9-8-25-16/h3-6,11,15H,2,7-10,12-13H2,1H3/b6-4+/t15-/m0/s1. The molecule has 0 radical (unpaired) electrons. The van der Waals surface area contributed by atoms with Crippen LogP contribution in [0.4, 0.5) is 0 Å². The van der Waals surface area contributed by atoms with Crippen LogP contribution in [0.25, 0.3) is 6.08 Å². The molecule has 0 unspecified atom stereocenters. The van der Waals surface area contributed by atoms with Gasteiger partial charge in [0.15, 0.2) is 27.9 Å². The van der Waals surface area contributed by atoms with E-state index in [1.807, 2.05) is 0 Å². The fourth-order valence-corrected chi connectivity index (χ4v) is 4.98. The molecule has 1 aromatic rings. The summed E-state index contributed by atoms with van der Waals surface area (Å²) in [5, 5.41) is 0. The van der Waals surface area contributed by atoms with Crippen LogP contribution in [0.5, 0.6) is 11.5 Å². The zero-order valence-corrected chi connectivity index (χ0v) is 16.4. The topological polar surface area (TPSA) is 99.2 Å². The van der Waals surface area contributed by atoms with Crippen molar-refractivity contribution in [1.29, 1.82) is 0 Å². The monoisotopic (exact) mass is 409 g/mol. The minimum Gasteiger partial charge on any atom is -0.486 e. The average molecular weight is 409 g/mol. The molecular weight excluding hydrogens is 386 g/mol. The van der Waals surface area contributed by atoms with E-state index in [1.165, 1.54) is 11.0 Å². The van der Waals surface area contributed by atoms with Crippen molar-refractivity contribution in [2.45, 2.75) is 19.4 Å².